The van der Waals surface area contributed by atoms with Gasteiger partial charge in [0, 0.05) is 18.6 Å². The summed E-state index contributed by atoms with van der Waals surface area (Å²) in [5, 5.41) is 7.12. The molecule has 0 saturated carbocycles. The minimum atomic E-state index is -5.08. The minimum Gasteiger partial charge on any atom is -0.475 e. The first kappa shape index (κ1) is 24.2. The number of furan rings is 1. The number of rotatable bonds is 4. The molecule has 170 valence electrons. The van der Waals surface area contributed by atoms with Crippen LogP contribution in [0.5, 0.6) is 0 Å². The standard InChI is InChI=1S/C19H30N2O2.C2HF3O2/c1-16(2)5-12-20-10-3-7-19(9-13-20)8-4-11-21(19)18(22)17-6-14-23-15-17;3-2(4,5)1(6)7/h6,14-16H,3-5,7-13H2,1-2H3;(H,6,7). The van der Waals surface area contributed by atoms with Crippen LogP contribution in [0.1, 0.15) is 62.7 Å². The highest BCUT2D eigenvalue weighted by Gasteiger charge is 2.44. The van der Waals surface area contributed by atoms with Gasteiger partial charge in [-0.25, -0.2) is 4.79 Å². The number of hydrogen-bond acceptors (Lipinski definition) is 4. The van der Waals surface area contributed by atoms with Crippen molar-refractivity contribution in [2.75, 3.05) is 26.2 Å². The topological polar surface area (TPSA) is 74.0 Å². The van der Waals surface area contributed by atoms with Crippen molar-refractivity contribution in [1.29, 1.82) is 0 Å². The zero-order valence-corrected chi connectivity index (χ0v) is 17.6. The summed E-state index contributed by atoms with van der Waals surface area (Å²) >= 11 is 0. The van der Waals surface area contributed by atoms with Crippen molar-refractivity contribution in [3.8, 4) is 0 Å². The Morgan fingerprint density at radius 1 is 1.17 bits per heavy atom. The van der Waals surface area contributed by atoms with E-state index in [2.05, 4.69) is 23.6 Å². The van der Waals surface area contributed by atoms with E-state index in [-0.39, 0.29) is 11.4 Å². The largest absolute Gasteiger partial charge is 0.490 e. The monoisotopic (exact) mass is 432 g/mol. The van der Waals surface area contributed by atoms with E-state index >= 15 is 0 Å². The lowest BCUT2D eigenvalue weighted by Gasteiger charge is -2.38. The zero-order chi connectivity index (χ0) is 22.4. The van der Waals surface area contributed by atoms with Gasteiger partial charge < -0.3 is 19.3 Å². The summed E-state index contributed by atoms with van der Waals surface area (Å²) in [6.07, 6.45) is 5.13. The highest BCUT2D eigenvalue weighted by atomic mass is 19.4. The van der Waals surface area contributed by atoms with Crippen LogP contribution < -0.4 is 0 Å². The van der Waals surface area contributed by atoms with Crippen molar-refractivity contribution in [3.63, 3.8) is 0 Å². The molecule has 0 radical (unpaired) electrons. The van der Waals surface area contributed by atoms with Crippen LogP contribution in [0, 0.1) is 5.92 Å². The van der Waals surface area contributed by atoms with E-state index < -0.39 is 12.1 Å². The Labute approximate surface area is 175 Å². The molecule has 1 unspecified atom stereocenters. The first-order chi connectivity index (χ1) is 14.0. The van der Waals surface area contributed by atoms with E-state index in [1.807, 2.05) is 0 Å². The molecule has 6 nitrogen and oxygen atoms in total. The smallest absolute Gasteiger partial charge is 0.475 e. The van der Waals surface area contributed by atoms with Gasteiger partial charge in [-0.3, -0.25) is 4.79 Å². The molecule has 2 aliphatic heterocycles. The summed E-state index contributed by atoms with van der Waals surface area (Å²) < 4.78 is 36.8. The number of likely N-dealkylation sites (tertiary alicyclic amines) is 2. The summed E-state index contributed by atoms with van der Waals surface area (Å²) in [7, 11) is 0. The van der Waals surface area contributed by atoms with Crippen molar-refractivity contribution in [1.82, 2.24) is 9.80 Å². The summed E-state index contributed by atoms with van der Waals surface area (Å²) in [5.41, 5.74) is 0.785. The van der Waals surface area contributed by atoms with Gasteiger partial charge in [-0.2, -0.15) is 13.2 Å². The number of hydrogen-bond donors (Lipinski definition) is 1. The third-order valence-corrected chi connectivity index (χ3v) is 5.88. The molecule has 2 fully saturated rings. The van der Waals surface area contributed by atoms with E-state index in [1.165, 1.54) is 25.9 Å². The average molecular weight is 432 g/mol. The molecule has 1 amide bonds. The number of carbonyl (C=O) groups excluding carboxylic acids is 1. The van der Waals surface area contributed by atoms with E-state index in [9.17, 15) is 18.0 Å². The fraction of sp³-hybridized carbons (Fsp3) is 0.714. The number of alkyl halides is 3. The van der Waals surface area contributed by atoms with Gasteiger partial charge in [-0.05, 0) is 63.6 Å². The first-order valence-electron chi connectivity index (χ1n) is 10.4. The number of carboxylic acids is 1. The summed E-state index contributed by atoms with van der Waals surface area (Å²) in [5.74, 6) is -1.84. The number of aliphatic carboxylic acids is 1. The van der Waals surface area contributed by atoms with Gasteiger partial charge in [-0.1, -0.05) is 13.8 Å². The minimum absolute atomic E-state index is 0.0843. The van der Waals surface area contributed by atoms with Crippen LogP contribution in [0.25, 0.3) is 0 Å². The van der Waals surface area contributed by atoms with E-state index in [0.717, 1.165) is 44.7 Å². The van der Waals surface area contributed by atoms with Gasteiger partial charge in [0.2, 0.25) is 0 Å². The van der Waals surface area contributed by atoms with Gasteiger partial charge in [-0.15, -0.1) is 0 Å². The van der Waals surface area contributed by atoms with Crippen LogP contribution in [-0.4, -0.2) is 64.7 Å². The van der Waals surface area contributed by atoms with Crippen LogP contribution >= 0.6 is 0 Å². The fourth-order valence-electron chi connectivity index (χ4n) is 4.22. The van der Waals surface area contributed by atoms with Gasteiger partial charge in [0.1, 0.15) is 6.26 Å². The average Bonchev–Trinajstić information content (AvgIpc) is 3.28. The predicted molar refractivity (Wildman–Crippen MR) is 105 cm³/mol. The van der Waals surface area contributed by atoms with Gasteiger partial charge >= 0.3 is 12.1 Å². The molecular formula is C21H31F3N2O4. The quantitative estimate of drug-likeness (QED) is 0.763. The maximum absolute atomic E-state index is 12.8. The number of carboxylic acid groups (broad SMARTS) is 1. The molecule has 1 spiro atoms. The van der Waals surface area contributed by atoms with E-state index in [1.54, 1.807) is 18.6 Å². The van der Waals surface area contributed by atoms with Crippen LogP contribution in [0.15, 0.2) is 23.0 Å². The second-order valence-corrected chi connectivity index (χ2v) is 8.48. The molecule has 3 heterocycles. The third-order valence-electron chi connectivity index (χ3n) is 5.88. The number of halogens is 3. The number of nitrogens with zero attached hydrogens (tertiary/aromatic N) is 2. The Hall–Kier alpha value is -2.03. The van der Waals surface area contributed by atoms with E-state index in [0.29, 0.717) is 5.56 Å². The van der Waals surface area contributed by atoms with Crippen LogP contribution in [0.4, 0.5) is 13.2 Å². The second-order valence-electron chi connectivity index (χ2n) is 8.48. The highest BCUT2D eigenvalue weighted by Crippen LogP contribution is 2.39. The SMILES string of the molecule is CC(C)CCN1CCCC2(CCCN2C(=O)c2ccoc2)CC1.O=C(O)C(F)(F)F. The second kappa shape index (κ2) is 10.3. The van der Waals surface area contributed by atoms with E-state index in [4.69, 9.17) is 14.3 Å². The van der Waals surface area contributed by atoms with Gasteiger partial charge in [0.15, 0.2) is 0 Å². The molecular weight excluding hydrogens is 401 g/mol. The molecule has 0 aromatic carbocycles. The number of amides is 1. The predicted octanol–water partition coefficient (Wildman–Crippen LogP) is 4.42. The van der Waals surface area contributed by atoms with Crippen molar-refractivity contribution < 1.29 is 32.3 Å². The molecule has 2 saturated heterocycles. The summed E-state index contributed by atoms with van der Waals surface area (Å²) in [6, 6.07) is 1.79. The van der Waals surface area contributed by atoms with Crippen LogP contribution in [0.3, 0.4) is 0 Å². The molecule has 1 atom stereocenters. The van der Waals surface area contributed by atoms with Crippen molar-refractivity contribution >= 4 is 11.9 Å². The Kier molecular flexibility index (Phi) is 8.34. The Balaban J connectivity index is 0.000000396. The maximum Gasteiger partial charge on any atom is 0.490 e. The van der Waals surface area contributed by atoms with Crippen LogP contribution in [0.2, 0.25) is 0 Å². The lowest BCUT2D eigenvalue weighted by molar-refractivity contribution is -0.192. The molecule has 2 aliphatic rings. The first-order valence-corrected chi connectivity index (χ1v) is 10.4. The van der Waals surface area contributed by atoms with Crippen molar-refractivity contribution in [2.45, 2.75) is 64.1 Å². The molecule has 0 bridgehead atoms. The van der Waals surface area contributed by atoms with Gasteiger partial charge in [0.05, 0.1) is 11.8 Å². The molecule has 1 aromatic rings. The molecule has 1 aromatic heterocycles. The Morgan fingerprint density at radius 3 is 2.33 bits per heavy atom. The molecule has 30 heavy (non-hydrogen) atoms. The third kappa shape index (κ3) is 6.48. The van der Waals surface area contributed by atoms with Crippen molar-refractivity contribution in [3.05, 3.63) is 24.2 Å². The van der Waals surface area contributed by atoms with Crippen molar-refractivity contribution in [2.24, 2.45) is 5.92 Å². The fourth-order valence-corrected chi connectivity index (χ4v) is 4.22. The normalized spacial score (nSPS) is 22.7. The summed E-state index contributed by atoms with van der Waals surface area (Å²) in [6.45, 7) is 8.99. The zero-order valence-electron chi connectivity index (χ0n) is 17.6. The Morgan fingerprint density at radius 2 is 1.80 bits per heavy atom. The Bertz CT molecular complexity index is 691. The molecule has 0 aliphatic carbocycles. The van der Waals surface area contributed by atoms with Crippen LogP contribution in [-0.2, 0) is 4.79 Å². The molecule has 3 rings (SSSR count). The number of carbonyl (C=O) groups is 2. The highest BCUT2D eigenvalue weighted by molar-refractivity contribution is 5.94. The lowest BCUT2D eigenvalue weighted by Crippen LogP contribution is -2.47. The summed E-state index contributed by atoms with van der Waals surface area (Å²) in [4.78, 5) is 26.5. The molecule has 9 heteroatoms. The lowest BCUT2D eigenvalue weighted by atomic mass is 9.87. The van der Waals surface area contributed by atoms with Gasteiger partial charge in [0.25, 0.3) is 5.91 Å². The maximum atomic E-state index is 12.8. The molecule has 1 N–H and O–H groups in total.